The summed E-state index contributed by atoms with van der Waals surface area (Å²) in [5.41, 5.74) is 0. The summed E-state index contributed by atoms with van der Waals surface area (Å²) in [6.45, 7) is 0. The first-order valence-electron chi connectivity index (χ1n) is 3.02. The quantitative estimate of drug-likeness (QED) is 0.532. The van der Waals surface area contributed by atoms with Crippen molar-refractivity contribution in [3.05, 3.63) is 0 Å². The van der Waals surface area contributed by atoms with Gasteiger partial charge in [-0.25, -0.2) is 0 Å². The van der Waals surface area contributed by atoms with Crippen LogP contribution in [0.2, 0.25) is 0 Å². The molecule has 16 heavy (non-hydrogen) atoms. The molecule has 0 radical (unpaired) electrons. The molecule has 0 aliphatic carbocycles. The van der Waals surface area contributed by atoms with Gasteiger partial charge in [0.15, 0.2) is 0 Å². The van der Waals surface area contributed by atoms with E-state index in [0.717, 1.165) is 0 Å². The molecule has 0 spiro atoms. The number of rotatable bonds is 1. The summed E-state index contributed by atoms with van der Waals surface area (Å²) < 4.78 is 118. The molecule has 0 aromatic rings. The molecule has 0 amide bonds. The summed E-state index contributed by atoms with van der Waals surface area (Å²) in [5.74, 6) is 0. The summed E-state index contributed by atoms with van der Waals surface area (Å²) in [4.78, 5) is 0. The Morgan fingerprint density at radius 3 is 1.06 bits per heavy atom. The summed E-state index contributed by atoms with van der Waals surface area (Å²) in [6, 6.07) is 0. The summed E-state index contributed by atoms with van der Waals surface area (Å²) in [7, 11) is 0. The van der Waals surface area contributed by atoms with Crippen molar-refractivity contribution < 1.29 is 43.7 Å². The van der Waals surface area contributed by atoms with E-state index in [4.69, 9.17) is 0 Å². The Hall–Kier alpha value is -0.267. The standard InChI is InChI=1S/C3F9GeNOS/c4-1(5,6)13(14-16-15,2(7,8)9)3(10,11)12. The van der Waals surface area contributed by atoms with E-state index in [9.17, 15) is 43.7 Å². The summed E-state index contributed by atoms with van der Waals surface area (Å²) in [5, 5.41) is -19.9. The van der Waals surface area contributed by atoms with Crippen molar-refractivity contribution in [3.8, 4) is 0 Å². The number of hydrogen-bond donors (Lipinski definition) is 0. The number of nitrogens with zero attached hydrogens (tertiary/aromatic N) is 1. The van der Waals surface area contributed by atoms with Crippen LogP contribution >= 0.6 is 0 Å². The van der Waals surface area contributed by atoms with Gasteiger partial charge in [0.25, 0.3) is 0 Å². The third-order valence-corrected chi connectivity index (χ3v) is 9.11. The minimum absolute atomic E-state index is 1.24. The molecule has 0 fully saturated rings. The Morgan fingerprint density at radius 1 is 0.750 bits per heavy atom. The molecule has 2 nitrogen and oxygen atoms in total. The predicted octanol–water partition coefficient (Wildman–Crippen LogP) is 2.63. The molecule has 0 rings (SSSR count). The zero-order valence-electron chi connectivity index (χ0n) is 6.67. The van der Waals surface area contributed by atoms with Crippen LogP contribution in [-0.2, 0) is 11.5 Å². The van der Waals surface area contributed by atoms with E-state index in [1.165, 1.54) is 3.32 Å². The van der Waals surface area contributed by atoms with Gasteiger partial charge in [0, 0.05) is 0 Å². The molecule has 0 saturated carbocycles. The van der Waals surface area contributed by atoms with E-state index in [2.05, 4.69) is 0 Å². The molecule has 0 atom stereocenters. The molecular formula is C3F9GeNOS. The van der Waals surface area contributed by atoms with Gasteiger partial charge in [-0.3, -0.25) is 0 Å². The summed E-state index contributed by atoms with van der Waals surface area (Å²) >= 11 is -10.5. The summed E-state index contributed by atoms with van der Waals surface area (Å²) in [6.07, 6.45) is 0. The minimum atomic E-state index is -8.74. The number of halogens is 9. The molecule has 0 aliphatic heterocycles. The zero-order chi connectivity index (χ0) is 13.4. The second kappa shape index (κ2) is 4.20. The van der Waals surface area contributed by atoms with Crippen LogP contribution < -0.4 is 0 Å². The van der Waals surface area contributed by atoms with E-state index in [1.807, 2.05) is 0 Å². The molecule has 0 saturated heterocycles. The monoisotopic (exact) mass is 343 g/mol. The van der Waals surface area contributed by atoms with Crippen molar-refractivity contribution in [2.24, 2.45) is 3.32 Å². The number of hydrogen-bond acceptors (Lipinski definition) is 2. The molecule has 0 bridgehead atoms. The predicted molar refractivity (Wildman–Crippen MR) is 34.5 cm³/mol. The van der Waals surface area contributed by atoms with Crippen LogP contribution in [0.15, 0.2) is 3.32 Å². The molecule has 96 valence electrons. The Bertz CT molecular complexity index is 274. The maximum atomic E-state index is 12.0. The van der Waals surface area contributed by atoms with Crippen molar-refractivity contribution in [2.75, 3.05) is 0 Å². The van der Waals surface area contributed by atoms with Crippen LogP contribution in [0.25, 0.3) is 0 Å². The second-order valence-corrected chi connectivity index (χ2v) is 10.4. The van der Waals surface area contributed by atoms with Crippen LogP contribution in [-0.4, -0.2) is 32.7 Å². The van der Waals surface area contributed by atoms with Gasteiger partial charge in [-0.2, -0.15) is 0 Å². The first-order chi connectivity index (χ1) is 6.81. The average Bonchev–Trinajstić information content (AvgIpc) is 1.91. The zero-order valence-corrected chi connectivity index (χ0v) is 9.58. The van der Waals surface area contributed by atoms with Gasteiger partial charge in [-0.15, -0.1) is 0 Å². The van der Waals surface area contributed by atoms with Gasteiger partial charge < -0.3 is 0 Å². The SMILES string of the molecule is O=S=[N][Ge]([C](F)(F)F)([C](F)(F)F)[C](F)(F)F. The van der Waals surface area contributed by atoms with Gasteiger partial charge in [-0.05, 0) is 0 Å². The van der Waals surface area contributed by atoms with Gasteiger partial charge >= 0.3 is 87.0 Å². The normalized spacial score (nSPS) is 14.8. The van der Waals surface area contributed by atoms with Crippen LogP contribution in [0, 0.1) is 0 Å². The molecule has 0 N–H and O–H groups in total. The first-order valence-corrected chi connectivity index (χ1v) is 7.81. The third kappa shape index (κ3) is 2.36. The molecule has 0 aromatic heterocycles. The van der Waals surface area contributed by atoms with Crippen molar-refractivity contribution in [1.29, 1.82) is 0 Å². The van der Waals surface area contributed by atoms with Crippen molar-refractivity contribution in [1.82, 2.24) is 0 Å². The molecule has 13 heteroatoms. The van der Waals surface area contributed by atoms with E-state index in [1.54, 1.807) is 0 Å². The van der Waals surface area contributed by atoms with E-state index >= 15 is 0 Å². The second-order valence-electron chi connectivity index (χ2n) is 2.37. The Labute approximate surface area is 87.6 Å². The van der Waals surface area contributed by atoms with Crippen LogP contribution in [0.5, 0.6) is 0 Å². The Kier molecular flexibility index (Phi) is 4.13. The third-order valence-electron chi connectivity index (χ3n) is 1.40. The van der Waals surface area contributed by atoms with Gasteiger partial charge in [0.05, 0.1) is 0 Å². The van der Waals surface area contributed by atoms with Crippen molar-refractivity contribution in [3.63, 3.8) is 0 Å². The van der Waals surface area contributed by atoms with Crippen molar-refractivity contribution >= 4 is 25.0 Å². The number of alkyl halides is 9. The van der Waals surface area contributed by atoms with Crippen LogP contribution in [0.3, 0.4) is 0 Å². The van der Waals surface area contributed by atoms with Crippen LogP contribution in [0.4, 0.5) is 39.5 Å². The molecule has 0 aromatic carbocycles. The van der Waals surface area contributed by atoms with E-state index in [0.29, 0.717) is 0 Å². The van der Waals surface area contributed by atoms with E-state index in [-0.39, 0.29) is 0 Å². The van der Waals surface area contributed by atoms with Gasteiger partial charge in [0.2, 0.25) is 0 Å². The van der Waals surface area contributed by atoms with Crippen LogP contribution in [0.1, 0.15) is 0 Å². The van der Waals surface area contributed by atoms with Gasteiger partial charge in [-0.1, -0.05) is 0 Å². The first kappa shape index (κ1) is 15.7. The fraction of sp³-hybridized carbons (Fsp3) is 1.00. The average molecular weight is 342 g/mol. The Balaban J connectivity index is 6.15. The fourth-order valence-corrected chi connectivity index (χ4v) is 5.80. The topological polar surface area (TPSA) is 29.4 Å². The van der Waals surface area contributed by atoms with Gasteiger partial charge in [0.1, 0.15) is 0 Å². The molecule has 0 heterocycles. The maximum absolute atomic E-state index is 12.0. The molecule has 0 unspecified atom stereocenters. The van der Waals surface area contributed by atoms with Crippen molar-refractivity contribution in [2.45, 2.75) is 15.0 Å². The Morgan fingerprint density at radius 2 is 1.00 bits per heavy atom. The fourth-order valence-electron chi connectivity index (χ4n) is 0.693. The molecular weight excluding hydrogens is 342 g/mol. The van der Waals surface area contributed by atoms with E-state index < -0.39 is 40.0 Å². The molecule has 0 aliphatic rings.